The maximum absolute atomic E-state index is 11.8. The number of halogens is 2. The molecule has 0 aliphatic heterocycles. The quantitative estimate of drug-likeness (QED) is 0.832. The van der Waals surface area contributed by atoms with Gasteiger partial charge >= 0.3 is 0 Å². The summed E-state index contributed by atoms with van der Waals surface area (Å²) < 4.78 is 0. The number of nitrogens with one attached hydrogen (secondary N) is 1. The van der Waals surface area contributed by atoms with Gasteiger partial charge in [0.25, 0.3) is 5.91 Å². The first-order chi connectivity index (χ1) is 7.52. The van der Waals surface area contributed by atoms with E-state index in [2.05, 4.69) is 17.1 Å². The first-order valence-corrected chi connectivity index (χ1v) is 5.31. The summed E-state index contributed by atoms with van der Waals surface area (Å²) in [6.45, 7) is 2.66. The molecule has 0 bridgehead atoms. The Kier molecular flexibility index (Phi) is 9.71. The number of amides is 1. The lowest BCUT2D eigenvalue weighted by atomic mass is 10.1. The fourth-order valence-electron chi connectivity index (χ4n) is 1.22. The van der Waals surface area contributed by atoms with E-state index in [-0.39, 0.29) is 30.7 Å². The fourth-order valence-corrected chi connectivity index (χ4v) is 1.22. The summed E-state index contributed by atoms with van der Waals surface area (Å²) in [6, 6.07) is 7.37. The Morgan fingerprint density at radius 1 is 1.33 bits per heavy atom. The van der Waals surface area contributed by atoms with Crippen molar-refractivity contribution < 1.29 is 4.79 Å². The lowest BCUT2D eigenvalue weighted by Gasteiger charge is -2.20. The highest BCUT2D eigenvalue weighted by Crippen LogP contribution is 2.09. The van der Waals surface area contributed by atoms with E-state index in [0.717, 1.165) is 0 Å². The van der Waals surface area contributed by atoms with Crippen LogP contribution in [-0.2, 0) is 0 Å². The molecule has 1 atom stereocenters. The molecule has 0 aliphatic rings. The number of carbonyl (C=O) groups excluding carboxylic acids is 1. The van der Waals surface area contributed by atoms with Crippen LogP contribution in [0.1, 0.15) is 17.3 Å². The lowest BCUT2D eigenvalue weighted by molar-refractivity contribution is 0.0944. The SMILES string of the molecule is CC(CNC(=O)c1ccccc1N)N(C)C.Cl.Cl. The predicted molar refractivity (Wildman–Crippen MR) is 80.8 cm³/mol. The summed E-state index contributed by atoms with van der Waals surface area (Å²) in [7, 11) is 3.96. The average molecular weight is 294 g/mol. The molecule has 0 aromatic heterocycles. The third-order valence-electron chi connectivity index (χ3n) is 2.64. The monoisotopic (exact) mass is 293 g/mol. The second-order valence-corrected chi connectivity index (χ2v) is 4.11. The van der Waals surface area contributed by atoms with Crippen molar-refractivity contribution in [1.29, 1.82) is 0 Å². The molecule has 3 N–H and O–H groups in total. The second-order valence-electron chi connectivity index (χ2n) is 4.11. The molecular formula is C12H21Cl2N3O. The summed E-state index contributed by atoms with van der Waals surface area (Å²) in [5.74, 6) is -0.119. The highest BCUT2D eigenvalue weighted by molar-refractivity contribution is 5.99. The van der Waals surface area contributed by atoms with Crippen LogP contribution in [0.15, 0.2) is 24.3 Å². The minimum atomic E-state index is -0.119. The molecule has 1 amide bonds. The Bertz CT molecular complexity index is 372. The van der Waals surface area contributed by atoms with Crippen LogP contribution >= 0.6 is 24.8 Å². The molecule has 1 aromatic rings. The first kappa shape index (κ1) is 19.4. The standard InChI is InChI=1S/C12H19N3O.2ClH/c1-9(15(2)3)8-14-12(16)10-6-4-5-7-11(10)13;;/h4-7,9H,8,13H2,1-3H3,(H,14,16);2*1H. The number of hydrogen-bond acceptors (Lipinski definition) is 3. The van der Waals surface area contributed by atoms with E-state index in [1.807, 2.05) is 20.2 Å². The van der Waals surface area contributed by atoms with Gasteiger partial charge in [0, 0.05) is 18.3 Å². The third-order valence-corrected chi connectivity index (χ3v) is 2.64. The summed E-state index contributed by atoms with van der Waals surface area (Å²) >= 11 is 0. The van der Waals surface area contributed by atoms with E-state index < -0.39 is 0 Å². The highest BCUT2D eigenvalue weighted by atomic mass is 35.5. The third kappa shape index (κ3) is 5.58. The summed E-state index contributed by atoms with van der Waals surface area (Å²) in [4.78, 5) is 13.8. The smallest absolute Gasteiger partial charge is 0.253 e. The maximum atomic E-state index is 11.8. The molecule has 4 nitrogen and oxygen atoms in total. The summed E-state index contributed by atoms with van der Waals surface area (Å²) in [6.07, 6.45) is 0. The number of para-hydroxylation sites is 1. The van der Waals surface area contributed by atoms with Crippen LogP contribution < -0.4 is 11.1 Å². The zero-order chi connectivity index (χ0) is 12.1. The van der Waals surface area contributed by atoms with Crippen molar-refractivity contribution in [3.05, 3.63) is 29.8 Å². The number of anilines is 1. The van der Waals surface area contributed by atoms with Crippen LogP contribution in [-0.4, -0.2) is 37.5 Å². The number of nitrogen functional groups attached to an aromatic ring is 1. The topological polar surface area (TPSA) is 58.4 Å². The molecule has 0 aliphatic carbocycles. The minimum absolute atomic E-state index is 0. The second kappa shape index (κ2) is 9.03. The van der Waals surface area contributed by atoms with Crippen LogP contribution in [0.3, 0.4) is 0 Å². The Hall–Kier alpha value is -0.970. The van der Waals surface area contributed by atoms with Gasteiger partial charge in [0.2, 0.25) is 0 Å². The highest BCUT2D eigenvalue weighted by Gasteiger charge is 2.10. The van der Waals surface area contributed by atoms with Crippen LogP contribution in [0.25, 0.3) is 0 Å². The summed E-state index contributed by atoms with van der Waals surface area (Å²) in [5, 5.41) is 2.86. The molecule has 18 heavy (non-hydrogen) atoms. The van der Waals surface area contributed by atoms with Crippen molar-refractivity contribution >= 4 is 36.4 Å². The molecule has 104 valence electrons. The van der Waals surface area contributed by atoms with Gasteiger partial charge in [-0.3, -0.25) is 4.79 Å². The van der Waals surface area contributed by atoms with Gasteiger partial charge < -0.3 is 16.0 Å². The normalized spacial score (nSPS) is 11.1. The molecular weight excluding hydrogens is 273 g/mol. The molecule has 1 rings (SSSR count). The number of nitrogens with two attached hydrogens (primary N) is 1. The number of hydrogen-bond donors (Lipinski definition) is 2. The molecule has 0 saturated heterocycles. The van der Waals surface area contributed by atoms with Crippen LogP contribution in [0.5, 0.6) is 0 Å². The molecule has 0 fully saturated rings. The van der Waals surface area contributed by atoms with Crippen molar-refractivity contribution in [2.45, 2.75) is 13.0 Å². The zero-order valence-corrected chi connectivity index (χ0v) is 12.5. The summed E-state index contributed by atoms with van der Waals surface area (Å²) in [5.41, 5.74) is 6.76. The molecule has 6 heteroatoms. The van der Waals surface area contributed by atoms with Crippen LogP contribution in [0.4, 0.5) is 5.69 Å². The van der Waals surface area contributed by atoms with Gasteiger partial charge in [0.05, 0.1) is 5.56 Å². The Balaban J connectivity index is 0. The van der Waals surface area contributed by atoms with E-state index in [0.29, 0.717) is 23.8 Å². The number of rotatable bonds is 4. The molecule has 0 saturated carbocycles. The fraction of sp³-hybridized carbons (Fsp3) is 0.417. The van der Waals surface area contributed by atoms with Crippen LogP contribution in [0, 0.1) is 0 Å². The van der Waals surface area contributed by atoms with Gasteiger partial charge in [-0.15, -0.1) is 24.8 Å². The van der Waals surface area contributed by atoms with E-state index in [1.54, 1.807) is 18.2 Å². The van der Waals surface area contributed by atoms with Crippen molar-refractivity contribution in [1.82, 2.24) is 10.2 Å². The van der Waals surface area contributed by atoms with Gasteiger partial charge in [0.15, 0.2) is 0 Å². The van der Waals surface area contributed by atoms with Gasteiger partial charge in [-0.25, -0.2) is 0 Å². The van der Waals surface area contributed by atoms with Gasteiger partial charge in [-0.1, -0.05) is 12.1 Å². The van der Waals surface area contributed by atoms with E-state index in [4.69, 9.17) is 5.73 Å². The Morgan fingerprint density at radius 2 is 1.89 bits per heavy atom. The van der Waals surface area contributed by atoms with Gasteiger partial charge in [0.1, 0.15) is 0 Å². The molecule has 0 heterocycles. The number of carbonyl (C=O) groups is 1. The zero-order valence-electron chi connectivity index (χ0n) is 10.8. The number of benzene rings is 1. The molecule has 1 aromatic carbocycles. The maximum Gasteiger partial charge on any atom is 0.253 e. The van der Waals surface area contributed by atoms with Crippen molar-refractivity contribution in [3.8, 4) is 0 Å². The van der Waals surface area contributed by atoms with Crippen molar-refractivity contribution in [2.75, 3.05) is 26.4 Å². The predicted octanol–water partition coefficient (Wildman–Crippen LogP) is 1.79. The molecule has 0 radical (unpaired) electrons. The average Bonchev–Trinajstić information content (AvgIpc) is 2.25. The molecule has 0 spiro atoms. The number of nitrogens with zero attached hydrogens (tertiary/aromatic N) is 1. The van der Waals surface area contributed by atoms with Crippen molar-refractivity contribution in [3.63, 3.8) is 0 Å². The minimum Gasteiger partial charge on any atom is -0.398 e. The number of likely N-dealkylation sites (N-methyl/N-ethyl adjacent to an activating group) is 1. The first-order valence-electron chi connectivity index (χ1n) is 5.31. The Labute approximate surface area is 121 Å². The van der Waals surface area contributed by atoms with Gasteiger partial charge in [-0.05, 0) is 33.2 Å². The Morgan fingerprint density at radius 3 is 2.39 bits per heavy atom. The largest absolute Gasteiger partial charge is 0.398 e. The lowest BCUT2D eigenvalue weighted by Crippen LogP contribution is -2.38. The van der Waals surface area contributed by atoms with E-state index >= 15 is 0 Å². The van der Waals surface area contributed by atoms with E-state index in [1.165, 1.54) is 0 Å². The van der Waals surface area contributed by atoms with E-state index in [9.17, 15) is 4.79 Å². The van der Waals surface area contributed by atoms with Gasteiger partial charge in [-0.2, -0.15) is 0 Å². The van der Waals surface area contributed by atoms with Crippen molar-refractivity contribution in [2.24, 2.45) is 0 Å². The van der Waals surface area contributed by atoms with Crippen LogP contribution in [0.2, 0.25) is 0 Å². The molecule has 1 unspecified atom stereocenters.